The van der Waals surface area contributed by atoms with E-state index in [-0.39, 0.29) is 0 Å². The molecule has 0 bridgehead atoms. The van der Waals surface area contributed by atoms with Crippen LogP contribution in [0, 0.1) is 5.92 Å². The number of pyridine rings is 1. The molecule has 0 atom stereocenters. The molecule has 0 aliphatic heterocycles. The van der Waals surface area contributed by atoms with Crippen LogP contribution in [-0.4, -0.2) is 21.5 Å². The van der Waals surface area contributed by atoms with Crippen LogP contribution in [0.15, 0.2) is 6.33 Å². The monoisotopic (exact) mass is 382 g/mol. The minimum atomic E-state index is 0.686. The molecule has 1 aliphatic carbocycles. The molecular weight excluding hydrogens is 352 g/mol. The van der Waals surface area contributed by atoms with E-state index in [0.29, 0.717) is 5.92 Å². The summed E-state index contributed by atoms with van der Waals surface area (Å²) in [7, 11) is 0. The minimum absolute atomic E-state index is 0.686. The van der Waals surface area contributed by atoms with E-state index in [1.807, 2.05) is 0 Å². The van der Waals surface area contributed by atoms with Crippen LogP contribution in [0.1, 0.15) is 69.7 Å². The smallest absolute Gasteiger partial charge is 0.147 e. The number of aryl methyl sites for hydroxylation is 2. The van der Waals surface area contributed by atoms with E-state index < -0.39 is 0 Å². The second kappa shape index (κ2) is 8.09. The molecule has 27 heavy (non-hydrogen) atoms. The van der Waals surface area contributed by atoms with E-state index >= 15 is 0 Å². The molecule has 0 saturated carbocycles. The van der Waals surface area contributed by atoms with Crippen molar-refractivity contribution >= 4 is 37.6 Å². The van der Waals surface area contributed by atoms with Crippen LogP contribution in [-0.2, 0) is 19.3 Å². The van der Waals surface area contributed by atoms with Gasteiger partial charge in [0.05, 0.1) is 10.2 Å². The Kier molecular flexibility index (Phi) is 5.58. The van der Waals surface area contributed by atoms with Gasteiger partial charge in [0.15, 0.2) is 0 Å². The number of thiophene rings is 1. The zero-order chi connectivity index (χ0) is 18.8. The molecule has 0 fully saturated rings. The summed E-state index contributed by atoms with van der Waals surface area (Å²) in [6.45, 7) is 7.73. The highest BCUT2D eigenvalue weighted by Gasteiger charge is 2.22. The van der Waals surface area contributed by atoms with Crippen LogP contribution in [0.5, 0.6) is 0 Å². The molecule has 1 aliphatic rings. The van der Waals surface area contributed by atoms with Crippen LogP contribution in [0.3, 0.4) is 0 Å². The van der Waals surface area contributed by atoms with Gasteiger partial charge >= 0.3 is 0 Å². The molecule has 0 saturated heterocycles. The lowest BCUT2D eigenvalue weighted by atomic mass is 9.88. The third kappa shape index (κ3) is 3.66. The summed E-state index contributed by atoms with van der Waals surface area (Å²) < 4.78 is 1.17. The van der Waals surface area contributed by atoms with Gasteiger partial charge in [-0.2, -0.15) is 0 Å². The van der Waals surface area contributed by atoms with Gasteiger partial charge in [-0.15, -0.1) is 11.3 Å². The normalized spacial score (nSPS) is 14.2. The topological polar surface area (TPSA) is 50.7 Å². The van der Waals surface area contributed by atoms with E-state index in [2.05, 4.69) is 31.1 Å². The zero-order valence-electron chi connectivity index (χ0n) is 16.8. The SMILES string of the molecule is CCCCc1c2c(nc3sc4c(NCCC(C)C)ncnc4c13)CCCC2. The summed E-state index contributed by atoms with van der Waals surface area (Å²) in [6, 6.07) is 0. The third-order valence-corrected chi connectivity index (χ3v) is 6.67. The Morgan fingerprint density at radius 2 is 2.04 bits per heavy atom. The summed E-state index contributed by atoms with van der Waals surface area (Å²) in [5.41, 5.74) is 5.49. The number of hydrogen-bond donors (Lipinski definition) is 1. The van der Waals surface area contributed by atoms with Crippen molar-refractivity contribution < 1.29 is 0 Å². The summed E-state index contributed by atoms with van der Waals surface area (Å²) in [5, 5.41) is 4.85. The maximum absolute atomic E-state index is 5.09. The summed E-state index contributed by atoms with van der Waals surface area (Å²) in [4.78, 5) is 15.5. The summed E-state index contributed by atoms with van der Waals surface area (Å²) in [5.74, 6) is 1.66. The summed E-state index contributed by atoms with van der Waals surface area (Å²) in [6.07, 6.45) is 11.3. The third-order valence-electron chi connectivity index (χ3n) is 5.59. The van der Waals surface area contributed by atoms with Crippen molar-refractivity contribution in [3.63, 3.8) is 0 Å². The zero-order valence-corrected chi connectivity index (χ0v) is 17.6. The van der Waals surface area contributed by atoms with Gasteiger partial charge in [0.25, 0.3) is 0 Å². The Morgan fingerprint density at radius 1 is 1.19 bits per heavy atom. The molecule has 3 heterocycles. The van der Waals surface area contributed by atoms with Gasteiger partial charge < -0.3 is 5.32 Å². The predicted molar refractivity (Wildman–Crippen MR) is 116 cm³/mol. The molecule has 5 heteroatoms. The first kappa shape index (κ1) is 18.6. The standard InChI is InChI=1S/C22H30N4S/c1-4-5-8-16-15-9-6-7-10-17(15)26-22-18(16)19-20(27-22)21(25-13-24-19)23-12-11-14(2)3/h13-14H,4-12H2,1-3H3,(H,23,24,25). The van der Waals surface area contributed by atoms with Crippen LogP contribution < -0.4 is 5.32 Å². The number of nitrogens with one attached hydrogen (secondary N) is 1. The molecule has 0 aromatic carbocycles. The van der Waals surface area contributed by atoms with Gasteiger partial charge in [-0.1, -0.05) is 27.2 Å². The average Bonchev–Trinajstić information content (AvgIpc) is 3.04. The fourth-order valence-electron chi connectivity index (χ4n) is 4.09. The van der Waals surface area contributed by atoms with Crippen molar-refractivity contribution in [2.24, 2.45) is 5.92 Å². The average molecular weight is 383 g/mol. The lowest BCUT2D eigenvalue weighted by Gasteiger charge is -2.19. The molecule has 4 nitrogen and oxygen atoms in total. The Labute approximate surface area is 165 Å². The largest absolute Gasteiger partial charge is 0.369 e. The van der Waals surface area contributed by atoms with Gasteiger partial charge in [-0.05, 0) is 62.0 Å². The Bertz CT molecular complexity index is 945. The van der Waals surface area contributed by atoms with Gasteiger partial charge in [0, 0.05) is 17.6 Å². The second-order valence-corrected chi connectivity index (χ2v) is 9.12. The summed E-state index contributed by atoms with van der Waals surface area (Å²) >= 11 is 1.77. The van der Waals surface area contributed by atoms with E-state index in [9.17, 15) is 0 Å². The molecule has 3 aromatic heterocycles. The first-order valence-electron chi connectivity index (χ1n) is 10.5. The number of nitrogens with zero attached hydrogens (tertiary/aromatic N) is 3. The van der Waals surface area contributed by atoms with E-state index in [4.69, 9.17) is 9.97 Å². The number of aromatic nitrogens is 3. The van der Waals surface area contributed by atoms with Gasteiger partial charge in [-0.3, -0.25) is 0 Å². The van der Waals surface area contributed by atoms with Crippen molar-refractivity contribution in [1.82, 2.24) is 15.0 Å². The first-order valence-corrected chi connectivity index (χ1v) is 11.3. The maximum atomic E-state index is 5.09. The fourth-order valence-corrected chi connectivity index (χ4v) is 5.24. The molecule has 0 radical (unpaired) electrons. The first-order chi connectivity index (χ1) is 13.2. The van der Waals surface area contributed by atoms with E-state index in [1.165, 1.54) is 59.0 Å². The number of fused-ring (bicyclic) bond motifs is 4. The van der Waals surface area contributed by atoms with Crippen molar-refractivity contribution in [3.8, 4) is 0 Å². The molecule has 0 amide bonds. The highest BCUT2D eigenvalue weighted by atomic mass is 32.1. The minimum Gasteiger partial charge on any atom is -0.369 e. The molecule has 3 aromatic rings. The lowest BCUT2D eigenvalue weighted by Crippen LogP contribution is -2.09. The van der Waals surface area contributed by atoms with Crippen molar-refractivity contribution in [3.05, 3.63) is 23.1 Å². The van der Waals surface area contributed by atoms with Crippen LogP contribution in [0.4, 0.5) is 5.82 Å². The lowest BCUT2D eigenvalue weighted by molar-refractivity contribution is 0.607. The number of anilines is 1. The van der Waals surface area contributed by atoms with E-state index in [1.54, 1.807) is 17.7 Å². The van der Waals surface area contributed by atoms with Crippen LogP contribution >= 0.6 is 11.3 Å². The molecule has 0 unspecified atom stereocenters. The molecule has 0 spiro atoms. The predicted octanol–water partition coefficient (Wildman–Crippen LogP) is 5.92. The Hall–Kier alpha value is -1.75. The highest BCUT2D eigenvalue weighted by Crippen LogP contribution is 2.40. The molecular formula is C22H30N4S. The van der Waals surface area contributed by atoms with Gasteiger partial charge in [-0.25, -0.2) is 15.0 Å². The quantitative estimate of drug-likeness (QED) is 0.551. The number of hydrogen-bond acceptors (Lipinski definition) is 5. The number of unbranched alkanes of at least 4 members (excludes halogenated alkanes) is 1. The molecule has 144 valence electrons. The number of rotatable bonds is 7. The van der Waals surface area contributed by atoms with Crippen molar-refractivity contribution in [1.29, 1.82) is 0 Å². The van der Waals surface area contributed by atoms with Crippen LogP contribution in [0.25, 0.3) is 20.4 Å². The second-order valence-electron chi connectivity index (χ2n) is 8.12. The Morgan fingerprint density at radius 3 is 2.85 bits per heavy atom. The van der Waals surface area contributed by atoms with Gasteiger partial charge in [0.2, 0.25) is 0 Å². The Balaban J connectivity index is 1.85. The fraction of sp³-hybridized carbons (Fsp3) is 0.591. The van der Waals surface area contributed by atoms with Crippen LogP contribution in [0.2, 0.25) is 0 Å². The van der Waals surface area contributed by atoms with Gasteiger partial charge in [0.1, 0.15) is 17.0 Å². The van der Waals surface area contributed by atoms with E-state index in [0.717, 1.165) is 42.0 Å². The highest BCUT2D eigenvalue weighted by molar-refractivity contribution is 7.26. The molecule has 4 rings (SSSR count). The maximum Gasteiger partial charge on any atom is 0.147 e. The van der Waals surface area contributed by atoms with Crippen molar-refractivity contribution in [2.45, 2.75) is 72.1 Å². The molecule has 1 N–H and O–H groups in total. The van der Waals surface area contributed by atoms with Crippen molar-refractivity contribution in [2.75, 3.05) is 11.9 Å².